The molecule has 224 valence electrons. The number of ether oxygens (including phenoxy) is 1. The summed E-state index contributed by atoms with van der Waals surface area (Å²) in [6.07, 6.45) is 4.24. The van der Waals surface area contributed by atoms with Crippen LogP contribution in [0, 0.1) is 18.8 Å². The van der Waals surface area contributed by atoms with E-state index in [0.717, 1.165) is 11.3 Å². The second-order valence-corrected chi connectivity index (χ2v) is 12.3. The van der Waals surface area contributed by atoms with Gasteiger partial charge in [-0.15, -0.1) is 23.1 Å². The van der Waals surface area contributed by atoms with Crippen LogP contribution in [0.1, 0.15) is 45.4 Å². The van der Waals surface area contributed by atoms with Gasteiger partial charge in [-0.25, -0.2) is 4.79 Å². The second kappa shape index (κ2) is 14.2. The Labute approximate surface area is 256 Å². The zero-order valence-corrected chi connectivity index (χ0v) is 25.3. The minimum atomic E-state index is -1.01. The lowest BCUT2D eigenvalue weighted by molar-refractivity contribution is -0.146. The predicted molar refractivity (Wildman–Crippen MR) is 167 cm³/mol. The predicted octanol–water partition coefficient (Wildman–Crippen LogP) is 5.82. The van der Waals surface area contributed by atoms with Gasteiger partial charge in [-0.2, -0.15) is 0 Å². The molecule has 2 aromatic carbocycles. The molecule has 0 radical (unpaired) electrons. The summed E-state index contributed by atoms with van der Waals surface area (Å²) in [5.74, 6) is -4.34. The standard InChI is InChI=1S/C31H31N3O7S2/c1-17-24(31(40)41-3)29(43-25(17)28(37)32-19-10-5-4-6-11-19)34-26(35)18(2)42-21-13-9-12-20(16-21)33-27(36)22-14-7-8-15-23(22)30(38)39/h4-13,16,18,22-23H,14-15H2,1-3H3,(H,32,37)(H,33,36)(H,34,35)(H,38,39). The van der Waals surface area contributed by atoms with Crippen molar-refractivity contribution in [3.8, 4) is 0 Å². The van der Waals surface area contributed by atoms with E-state index in [9.17, 15) is 29.1 Å². The molecule has 0 fully saturated rings. The van der Waals surface area contributed by atoms with Gasteiger partial charge in [-0.3, -0.25) is 19.2 Å². The summed E-state index contributed by atoms with van der Waals surface area (Å²) < 4.78 is 4.92. The summed E-state index contributed by atoms with van der Waals surface area (Å²) in [5, 5.41) is 17.4. The third-order valence-corrected chi connectivity index (χ3v) is 9.18. The average Bonchev–Trinajstić information content (AvgIpc) is 3.32. The van der Waals surface area contributed by atoms with Crippen LogP contribution >= 0.6 is 23.1 Å². The molecule has 4 N–H and O–H groups in total. The lowest BCUT2D eigenvalue weighted by Gasteiger charge is -2.24. The van der Waals surface area contributed by atoms with Gasteiger partial charge in [0, 0.05) is 16.3 Å². The van der Waals surface area contributed by atoms with Crippen LogP contribution in [0.2, 0.25) is 0 Å². The summed E-state index contributed by atoms with van der Waals surface area (Å²) in [6, 6.07) is 15.8. The number of amides is 3. The highest BCUT2D eigenvalue weighted by Gasteiger charge is 2.34. The molecule has 0 saturated carbocycles. The molecule has 1 aromatic heterocycles. The number of aliphatic carboxylic acids is 1. The molecule has 0 aliphatic heterocycles. The number of hydrogen-bond acceptors (Lipinski definition) is 8. The quantitative estimate of drug-likeness (QED) is 0.126. The van der Waals surface area contributed by atoms with Crippen LogP contribution < -0.4 is 16.0 Å². The fourth-order valence-corrected chi connectivity index (χ4v) is 6.62. The molecule has 0 spiro atoms. The lowest BCUT2D eigenvalue weighted by Crippen LogP contribution is -2.34. The first-order valence-corrected chi connectivity index (χ1v) is 15.1. The number of para-hydroxylation sites is 1. The van der Waals surface area contributed by atoms with Crippen LogP contribution in [-0.2, 0) is 19.1 Å². The number of esters is 1. The van der Waals surface area contributed by atoms with Crippen LogP contribution in [0.5, 0.6) is 0 Å². The van der Waals surface area contributed by atoms with E-state index in [-0.39, 0.29) is 21.3 Å². The van der Waals surface area contributed by atoms with Crippen LogP contribution in [0.3, 0.4) is 0 Å². The van der Waals surface area contributed by atoms with Crippen molar-refractivity contribution in [3.63, 3.8) is 0 Å². The summed E-state index contributed by atoms with van der Waals surface area (Å²) in [7, 11) is 1.23. The van der Waals surface area contributed by atoms with Gasteiger partial charge in [0.1, 0.15) is 5.00 Å². The minimum Gasteiger partial charge on any atom is -0.481 e. The van der Waals surface area contributed by atoms with Gasteiger partial charge in [-0.1, -0.05) is 36.4 Å². The Bertz CT molecular complexity index is 1570. The van der Waals surface area contributed by atoms with Crippen LogP contribution in [0.25, 0.3) is 0 Å². The SMILES string of the molecule is COC(=O)c1c(NC(=O)C(C)Sc2cccc(NC(=O)C3CC=CCC3C(=O)O)c2)sc(C(=O)Nc2ccccc2)c1C. The fraction of sp³-hybridized carbons (Fsp3) is 0.258. The Hall–Kier alpha value is -4.42. The van der Waals surface area contributed by atoms with E-state index in [4.69, 9.17) is 4.74 Å². The molecular weight excluding hydrogens is 590 g/mol. The van der Waals surface area contributed by atoms with E-state index in [1.165, 1.54) is 18.9 Å². The monoisotopic (exact) mass is 621 g/mol. The van der Waals surface area contributed by atoms with Crippen molar-refractivity contribution in [1.29, 1.82) is 0 Å². The maximum absolute atomic E-state index is 13.2. The highest BCUT2D eigenvalue weighted by molar-refractivity contribution is 8.00. The van der Waals surface area contributed by atoms with E-state index >= 15 is 0 Å². The molecule has 43 heavy (non-hydrogen) atoms. The number of methoxy groups -OCH3 is 1. The minimum absolute atomic E-state index is 0.109. The Balaban J connectivity index is 1.45. The first-order chi connectivity index (χ1) is 20.6. The first-order valence-electron chi connectivity index (χ1n) is 13.4. The number of thiophene rings is 1. The maximum Gasteiger partial charge on any atom is 0.341 e. The molecule has 3 atom stereocenters. The van der Waals surface area contributed by atoms with Crippen molar-refractivity contribution in [2.24, 2.45) is 11.8 Å². The zero-order chi connectivity index (χ0) is 31.1. The maximum atomic E-state index is 13.2. The van der Waals surface area contributed by atoms with Crippen LogP contribution in [0.15, 0.2) is 71.6 Å². The molecular formula is C31H31N3O7S2. The van der Waals surface area contributed by atoms with E-state index in [1.807, 2.05) is 12.1 Å². The van der Waals surface area contributed by atoms with Crippen LogP contribution in [0.4, 0.5) is 16.4 Å². The number of nitrogens with one attached hydrogen (secondary N) is 3. The summed E-state index contributed by atoms with van der Waals surface area (Å²) in [4.78, 5) is 64.3. The van der Waals surface area contributed by atoms with Crippen molar-refractivity contribution in [2.75, 3.05) is 23.1 Å². The molecule has 4 rings (SSSR count). The molecule has 1 aliphatic rings. The average molecular weight is 622 g/mol. The van der Waals surface area contributed by atoms with E-state index < -0.39 is 40.8 Å². The molecule has 12 heteroatoms. The number of hydrogen-bond donors (Lipinski definition) is 4. The number of rotatable bonds is 10. The Morgan fingerprint density at radius 2 is 1.60 bits per heavy atom. The third-order valence-electron chi connectivity index (χ3n) is 6.88. The van der Waals surface area contributed by atoms with Crippen LogP contribution in [-0.4, -0.2) is 47.1 Å². The molecule has 1 aliphatic carbocycles. The van der Waals surface area contributed by atoms with Crippen molar-refractivity contribution in [1.82, 2.24) is 0 Å². The number of carboxylic acid groups (broad SMARTS) is 1. The van der Waals surface area contributed by atoms with Crippen molar-refractivity contribution in [2.45, 2.75) is 36.8 Å². The molecule has 0 saturated heterocycles. The third kappa shape index (κ3) is 7.70. The lowest BCUT2D eigenvalue weighted by atomic mass is 9.82. The van der Waals surface area contributed by atoms with E-state index in [1.54, 1.807) is 68.5 Å². The number of carbonyl (C=O) groups is 5. The normalized spacial score (nSPS) is 16.5. The molecule has 0 bridgehead atoms. The summed E-state index contributed by atoms with van der Waals surface area (Å²) in [5.41, 5.74) is 1.57. The van der Waals surface area contributed by atoms with Crippen molar-refractivity contribution >= 4 is 69.1 Å². The highest BCUT2D eigenvalue weighted by Crippen LogP contribution is 2.36. The molecule has 3 amide bonds. The second-order valence-electron chi connectivity index (χ2n) is 9.83. The van der Waals surface area contributed by atoms with Gasteiger partial charge in [-0.05, 0) is 62.6 Å². The van der Waals surface area contributed by atoms with E-state index in [0.29, 0.717) is 34.7 Å². The number of anilines is 3. The van der Waals surface area contributed by atoms with Crippen molar-refractivity contribution < 1.29 is 33.8 Å². The molecule has 3 unspecified atom stereocenters. The number of thioether (sulfide) groups is 1. The number of benzene rings is 2. The highest BCUT2D eigenvalue weighted by atomic mass is 32.2. The van der Waals surface area contributed by atoms with Crippen molar-refractivity contribution in [3.05, 3.63) is 82.8 Å². The van der Waals surface area contributed by atoms with Gasteiger partial charge >= 0.3 is 11.9 Å². The number of carbonyl (C=O) groups excluding carboxylic acids is 4. The van der Waals surface area contributed by atoms with E-state index in [2.05, 4.69) is 16.0 Å². The van der Waals surface area contributed by atoms with Gasteiger partial charge in [0.2, 0.25) is 11.8 Å². The Morgan fingerprint density at radius 1 is 0.930 bits per heavy atom. The van der Waals surface area contributed by atoms with Gasteiger partial charge in [0.15, 0.2) is 0 Å². The van der Waals surface area contributed by atoms with Gasteiger partial charge in [0.25, 0.3) is 5.91 Å². The van der Waals surface area contributed by atoms with Gasteiger partial charge in [0.05, 0.1) is 34.6 Å². The molecule has 10 nitrogen and oxygen atoms in total. The Kier molecular flexibility index (Phi) is 10.4. The largest absolute Gasteiger partial charge is 0.481 e. The Morgan fingerprint density at radius 3 is 2.28 bits per heavy atom. The fourth-order valence-electron chi connectivity index (χ4n) is 4.61. The first kappa shape index (κ1) is 31.5. The molecule has 1 heterocycles. The number of allylic oxidation sites excluding steroid dienone is 2. The smallest absolute Gasteiger partial charge is 0.341 e. The summed E-state index contributed by atoms with van der Waals surface area (Å²) in [6.45, 7) is 3.32. The number of carboxylic acids is 1. The van der Waals surface area contributed by atoms with Gasteiger partial charge < -0.3 is 25.8 Å². The topological polar surface area (TPSA) is 151 Å². The summed E-state index contributed by atoms with van der Waals surface area (Å²) >= 11 is 2.22. The molecule has 3 aromatic rings. The zero-order valence-electron chi connectivity index (χ0n) is 23.7.